The molecule has 168 valence electrons. The van der Waals surface area contributed by atoms with Crippen molar-refractivity contribution in [1.82, 2.24) is 0 Å². The third-order valence-electron chi connectivity index (χ3n) is 5.05. The standard InChI is InChI=1S/C24H20BrN3O5/c25-19-3-1-2-17(14-19)24(29)33-23-9-8-22(28(30)31)15-18(23)16-26-20-4-6-21(7-5-20)27-10-12-32-13-11-27/h1-9,14-16H,10-13H2. The maximum Gasteiger partial charge on any atom is 0.343 e. The highest BCUT2D eigenvalue weighted by Gasteiger charge is 2.15. The fraction of sp³-hybridized carbons (Fsp3) is 0.167. The van der Waals surface area contributed by atoms with E-state index in [1.807, 2.05) is 24.3 Å². The predicted octanol–water partition coefficient (Wildman–Crippen LogP) is 5.16. The Hall–Kier alpha value is -3.56. The minimum atomic E-state index is -0.574. The van der Waals surface area contributed by atoms with Gasteiger partial charge in [0.25, 0.3) is 5.69 Å². The maximum absolute atomic E-state index is 12.6. The van der Waals surface area contributed by atoms with Crippen molar-refractivity contribution in [2.75, 3.05) is 31.2 Å². The van der Waals surface area contributed by atoms with Crippen LogP contribution in [0.3, 0.4) is 0 Å². The highest BCUT2D eigenvalue weighted by atomic mass is 79.9. The van der Waals surface area contributed by atoms with Crippen LogP contribution < -0.4 is 9.64 Å². The Bertz CT molecular complexity index is 1190. The second-order valence-corrected chi connectivity index (χ2v) is 8.17. The molecule has 33 heavy (non-hydrogen) atoms. The second kappa shape index (κ2) is 10.4. The third kappa shape index (κ3) is 5.82. The molecule has 1 aliphatic heterocycles. The molecule has 0 saturated carbocycles. The number of nitrogens with zero attached hydrogens (tertiary/aromatic N) is 3. The number of rotatable bonds is 6. The molecule has 0 N–H and O–H groups in total. The van der Waals surface area contributed by atoms with Gasteiger partial charge in [0, 0.05) is 47.2 Å². The summed E-state index contributed by atoms with van der Waals surface area (Å²) in [6.45, 7) is 3.08. The van der Waals surface area contributed by atoms with E-state index in [0.717, 1.165) is 23.2 Å². The molecule has 4 rings (SSSR count). The quantitative estimate of drug-likeness (QED) is 0.150. The molecule has 1 saturated heterocycles. The van der Waals surface area contributed by atoms with E-state index in [4.69, 9.17) is 9.47 Å². The number of hydrogen-bond acceptors (Lipinski definition) is 7. The van der Waals surface area contributed by atoms with Crippen molar-refractivity contribution in [2.24, 2.45) is 4.99 Å². The molecule has 0 unspecified atom stereocenters. The zero-order chi connectivity index (χ0) is 23.2. The van der Waals surface area contributed by atoms with Crippen LogP contribution in [0.25, 0.3) is 0 Å². The summed E-state index contributed by atoms with van der Waals surface area (Å²) in [6, 6.07) is 18.5. The summed E-state index contributed by atoms with van der Waals surface area (Å²) >= 11 is 3.32. The van der Waals surface area contributed by atoms with Crippen molar-refractivity contribution in [2.45, 2.75) is 0 Å². The molecule has 9 heteroatoms. The van der Waals surface area contributed by atoms with E-state index in [9.17, 15) is 14.9 Å². The fourth-order valence-electron chi connectivity index (χ4n) is 3.33. The van der Waals surface area contributed by atoms with Gasteiger partial charge in [-0.1, -0.05) is 22.0 Å². The van der Waals surface area contributed by atoms with Gasteiger partial charge in [0.2, 0.25) is 0 Å². The molecular formula is C24H20BrN3O5. The number of esters is 1. The number of carbonyl (C=O) groups is 1. The summed E-state index contributed by atoms with van der Waals surface area (Å²) < 4.78 is 11.6. The summed E-state index contributed by atoms with van der Waals surface area (Å²) in [5, 5.41) is 11.2. The normalized spacial score (nSPS) is 13.8. The van der Waals surface area contributed by atoms with Gasteiger partial charge >= 0.3 is 5.97 Å². The van der Waals surface area contributed by atoms with Gasteiger partial charge in [0.05, 0.1) is 29.4 Å². The number of benzene rings is 3. The van der Waals surface area contributed by atoms with Crippen LogP contribution in [-0.4, -0.2) is 43.4 Å². The number of morpholine rings is 1. The van der Waals surface area contributed by atoms with Crippen LogP contribution in [0.1, 0.15) is 15.9 Å². The van der Waals surface area contributed by atoms with Gasteiger partial charge in [-0.25, -0.2) is 4.79 Å². The van der Waals surface area contributed by atoms with Crippen molar-refractivity contribution in [3.63, 3.8) is 0 Å². The molecule has 1 fully saturated rings. The topological polar surface area (TPSA) is 94.3 Å². The van der Waals surface area contributed by atoms with Gasteiger partial charge in [0.1, 0.15) is 5.75 Å². The minimum Gasteiger partial charge on any atom is -0.422 e. The lowest BCUT2D eigenvalue weighted by molar-refractivity contribution is -0.384. The van der Waals surface area contributed by atoms with E-state index in [1.165, 1.54) is 24.4 Å². The predicted molar refractivity (Wildman–Crippen MR) is 129 cm³/mol. The SMILES string of the molecule is O=C(Oc1ccc([N+](=O)[O-])cc1C=Nc1ccc(N2CCOCC2)cc1)c1cccc(Br)c1. The summed E-state index contributed by atoms with van der Waals surface area (Å²) in [7, 11) is 0. The summed E-state index contributed by atoms with van der Waals surface area (Å²) in [5.41, 5.74) is 2.30. The average Bonchev–Trinajstić information content (AvgIpc) is 2.84. The molecule has 3 aromatic rings. The third-order valence-corrected chi connectivity index (χ3v) is 5.54. The van der Waals surface area contributed by atoms with E-state index >= 15 is 0 Å². The number of hydrogen-bond donors (Lipinski definition) is 0. The average molecular weight is 510 g/mol. The lowest BCUT2D eigenvalue weighted by atomic mass is 10.2. The Morgan fingerprint density at radius 2 is 1.85 bits per heavy atom. The molecule has 0 amide bonds. The van der Waals surface area contributed by atoms with Crippen LogP contribution in [-0.2, 0) is 4.74 Å². The highest BCUT2D eigenvalue weighted by molar-refractivity contribution is 9.10. The van der Waals surface area contributed by atoms with Gasteiger partial charge in [-0.15, -0.1) is 0 Å². The largest absolute Gasteiger partial charge is 0.422 e. The van der Waals surface area contributed by atoms with Crippen LogP contribution in [0, 0.1) is 10.1 Å². The van der Waals surface area contributed by atoms with Crippen molar-refractivity contribution in [1.29, 1.82) is 0 Å². The van der Waals surface area contributed by atoms with Crippen molar-refractivity contribution >= 4 is 45.2 Å². The molecule has 1 heterocycles. The monoisotopic (exact) mass is 509 g/mol. The molecular weight excluding hydrogens is 490 g/mol. The number of non-ortho nitro benzene ring substituents is 1. The van der Waals surface area contributed by atoms with Crippen LogP contribution >= 0.6 is 15.9 Å². The van der Waals surface area contributed by atoms with Crippen molar-refractivity contribution in [3.05, 3.63) is 92.4 Å². The summed E-state index contributed by atoms with van der Waals surface area (Å²) in [5.74, 6) is -0.395. The summed E-state index contributed by atoms with van der Waals surface area (Å²) in [6.07, 6.45) is 1.46. The Morgan fingerprint density at radius 1 is 1.09 bits per heavy atom. The number of ether oxygens (including phenoxy) is 2. The lowest BCUT2D eigenvalue weighted by Crippen LogP contribution is -2.36. The highest BCUT2D eigenvalue weighted by Crippen LogP contribution is 2.26. The molecule has 0 bridgehead atoms. The minimum absolute atomic E-state index is 0.124. The lowest BCUT2D eigenvalue weighted by Gasteiger charge is -2.28. The molecule has 0 aliphatic carbocycles. The Labute approximate surface area is 198 Å². The van der Waals surface area contributed by atoms with Crippen molar-refractivity contribution in [3.8, 4) is 5.75 Å². The first-order chi connectivity index (χ1) is 16.0. The Balaban J connectivity index is 1.56. The molecule has 3 aromatic carbocycles. The first-order valence-corrected chi connectivity index (χ1v) is 11.0. The Kier molecular flexibility index (Phi) is 7.11. The Morgan fingerprint density at radius 3 is 2.55 bits per heavy atom. The maximum atomic E-state index is 12.6. The molecule has 0 radical (unpaired) electrons. The van der Waals surface area contributed by atoms with Crippen LogP contribution in [0.15, 0.2) is 76.2 Å². The van der Waals surface area contributed by atoms with Gasteiger partial charge in [-0.05, 0) is 48.5 Å². The number of anilines is 1. The van der Waals surface area contributed by atoms with Crippen LogP contribution in [0.4, 0.5) is 17.1 Å². The van der Waals surface area contributed by atoms with E-state index in [1.54, 1.807) is 24.3 Å². The van der Waals surface area contributed by atoms with Gasteiger partial charge in [-0.3, -0.25) is 15.1 Å². The number of halogens is 1. The molecule has 0 atom stereocenters. The fourth-order valence-corrected chi connectivity index (χ4v) is 3.73. The molecule has 1 aliphatic rings. The van der Waals surface area contributed by atoms with Crippen molar-refractivity contribution < 1.29 is 19.2 Å². The molecule has 0 aromatic heterocycles. The van der Waals surface area contributed by atoms with Crippen LogP contribution in [0.2, 0.25) is 0 Å². The van der Waals surface area contributed by atoms with E-state index in [2.05, 4.69) is 25.8 Å². The number of aliphatic imine (C=N–C) groups is 1. The zero-order valence-corrected chi connectivity index (χ0v) is 19.1. The van der Waals surface area contributed by atoms with E-state index in [-0.39, 0.29) is 11.4 Å². The zero-order valence-electron chi connectivity index (χ0n) is 17.5. The van der Waals surface area contributed by atoms with Gasteiger partial charge in [-0.2, -0.15) is 0 Å². The first kappa shape index (κ1) is 22.6. The van der Waals surface area contributed by atoms with Gasteiger partial charge in [0.15, 0.2) is 0 Å². The number of nitro benzene ring substituents is 1. The second-order valence-electron chi connectivity index (χ2n) is 7.25. The summed E-state index contributed by atoms with van der Waals surface area (Å²) in [4.78, 5) is 30.0. The smallest absolute Gasteiger partial charge is 0.343 e. The van der Waals surface area contributed by atoms with Crippen LogP contribution in [0.5, 0.6) is 5.75 Å². The number of nitro groups is 1. The van der Waals surface area contributed by atoms with Gasteiger partial charge < -0.3 is 14.4 Å². The molecule has 0 spiro atoms. The first-order valence-electron chi connectivity index (χ1n) is 10.2. The number of carbonyl (C=O) groups excluding carboxylic acids is 1. The van der Waals surface area contributed by atoms with E-state index in [0.29, 0.717) is 30.0 Å². The molecule has 8 nitrogen and oxygen atoms in total. The van der Waals surface area contributed by atoms with E-state index < -0.39 is 10.9 Å².